The Kier molecular flexibility index (Phi) is 2.49. The van der Waals surface area contributed by atoms with E-state index in [-0.39, 0.29) is 6.04 Å². The predicted molar refractivity (Wildman–Crippen MR) is 56.1 cm³/mol. The number of hydrogen-bond donors (Lipinski definition) is 1. The molecule has 1 N–H and O–H groups in total. The molecule has 0 bridgehead atoms. The van der Waals surface area contributed by atoms with Gasteiger partial charge in [-0.05, 0) is 23.4 Å². The molecule has 1 aliphatic rings. The van der Waals surface area contributed by atoms with Crippen LogP contribution in [-0.2, 0) is 4.79 Å². The van der Waals surface area contributed by atoms with Gasteiger partial charge < -0.3 is 10.1 Å². The van der Waals surface area contributed by atoms with E-state index in [0.29, 0.717) is 5.69 Å². The first-order valence-corrected chi connectivity index (χ1v) is 5.14. The molecule has 5 heteroatoms. The summed E-state index contributed by atoms with van der Waals surface area (Å²) in [7, 11) is 0. The lowest BCUT2D eigenvalue weighted by Gasteiger charge is -2.22. The van der Waals surface area contributed by atoms with Gasteiger partial charge in [-0.1, -0.05) is 0 Å². The first-order valence-electron chi connectivity index (χ1n) is 4.15. The average molecular weight is 208 g/mol. The van der Waals surface area contributed by atoms with Gasteiger partial charge in [0.1, 0.15) is 12.0 Å². The summed E-state index contributed by atoms with van der Waals surface area (Å²) >= 11 is 1.60. The third kappa shape index (κ3) is 1.63. The van der Waals surface area contributed by atoms with Gasteiger partial charge in [0, 0.05) is 10.6 Å². The molecule has 0 radical (unpaired) electrons. The molecule has 0 aromatic heterocycles. The summed E-state index contributed by atoms with van der Waals surface area (Å²) < 4.78 is 0. The van der Waals surface area contributed by atoms with Crippen LogP contribution in [0.3, 0.4) is 0 Å². The predicted octanol–water partition coefficient (Wildman–Crippen LogP) is 2.17. The number of carbonyl (C=O) groups is 1. The Morgan fingerprint density at radius 3 is 3.14 bits per heavy atom. The van der Waals surface area contributed by atoms with E-state index in [9.17, 15) is 9.70 Å². The van der Waals surface area contributed by atoms with Gasteiger partial charge in [0.05, 0.1) is 11.7 Å². The molecule has 1 unspecified atom stereocenters. The lowest BCUT2D eigenvalue weighted by molar-refractivity contribution is -0.108. The topological polar surface area (TPSA) is 58.5 Å². The Labute approximate surface area is 85.0 Å². The van der Waals surface area contributed by atoms with Crippen molar-refractivity contribution in [2.45, 2.75) is 10.9 Å². The molecule has 14 heavy (non-hydrogen) atoms. The number of nitroso groups, excluding NO2 is 1. The van der Waals surface area contributed by atoms with Crippen LogP contribution in [0, 0.1) is 4.91 Å². The van der Waals surface area contributed by atoms with Crippen molar-refractivity contribution < 1.29 is 4.79 Å². The first-order chi connectivity index (χ1) is 6.83. The van der Waals surface area contributed by atoms with Crippen molar-refractivity contribution in [3.63, 3.8) is 0 Å². The van der Waals surface area contributed by atoms with Crippen LogP contribution in [-0.4, -0.2) is 18.1 Å². The van der Waals surface area contributed by atoms with Crippen molar-refractivity contribution in [1.29, 1.82) is 0 Å². The summed E-state index contributed by atoms with van der Waals surface area (Å²) in [6.45, 7) is 0. The normalized spacial score (nSPS) is 19.3. The van der Waals surface area contributed by atoms with Gasteiger partial charge in [-0.25, -0.2) is 0 Å². The highest BCUT2D eigenvalue weighted by molar-refractivity contribution is 7.99. The molecule has 1 heterocycles. The Bertz CT molecular complexity index is 381. The number of fused-ring (bicyclic) bond motifs is 1. The van der Waals surface area contributed by atoms with Crippen molar-refractivity contribution in [2.75, 3.05) is 11.1 Å². The minimum Gasteiger partial charge on any atom is -0.374 e. The summed E-state index contributed by atoms with van der Waals surface area (Å²) in [5.74, 6) is 0.727. The second-order valence-electron chi connectivity index (χ2n) is 2.97. The van der Waals surface area contributed by atoms with Crippen molar-refractivity contribution in [2.24, 2.45) is 5.18 Å². The molecular weight excluding hydrogens is 200 g/mol. The van der Waals surface area contributed by atoms with Gasteiger partial charge in [0.2, 0.25) is 0 Å². The van der Waals surface area contributed by atoms with Crippen molar-refractivity contribution in [1.82, 2.24) is 0 Å². The Morgan fingerprint density at radius 1 is 1.57 bits per heavy atom. The van der Waals surface area contributed by atoms with E-state index in [2.05, 4.69) is 10.5 Å². The maximum absolute atomic E-state index is 10.6. The molecular formula is C9H8N2O2S. The number of hydrogen-bond acceptors (Lipinski definition) is 5. The van der Waals surface area contributed by atoms with E-state index >= 15 is 0 Å². The van der Waals surface area contributed by atoms with Gasteiger partial charge in [-0.15, -0.1) is 16.7 Å². The summed E-state index contributed by atoms with van der Waals surface area (Å²) in [6, 6.07) is 4.99. The standard InChI is InChI=1S/C9H8N2O2S/c12-4-7-5-14-9-2-1-6(11-13)3-8(9)10-7/h1-4,7,10H,5H2. The van der Waals surface area contributed by atoms with Crippen molar-refractivity contribution in [3.05, 3.63) is 23.1 Å². The van der Waals surface area contributed by atoms with Gasteiger partial charge in [-0.2, -0.15) is 0 Å². The smallest absolute Gasteiger partial charge is 0.143 e. The summed E-state index contributed by atoms with van der Waals surface area (Å²) in [5, 5.41) is 5.88. The highest BCUT2D eigenvalue weighted by atomic mass is 32.2. The third-order valence-corrected chi connectivity index (χ3v) is 3.18. The van der Waals surface area contributed by atoms with Crippen LogP contribution in [0.4, 0.5) is 11.4 Å². The van der Waals surface area contributed by atoms with E-state index < -0.39 is 0 Å². The Hall–Kier alpha value is -1.36. The van der Waals surface area contributed by atoms with Crippen molar-refractivity contribution in [3.8, 4) is 0 Å². The van der Waals surface area contributed by atoms with Crippen LogP contribution in [0.25, 0.3) is 0 Å². The van der Waals surface area contributed by atoms with E-state index in [1.807, 2.05) is 6.07 Å². The number of anilines is 1. The van der Waals surface area contributed by atoms with Crippen LogP contribution < -0.4 is 5.32 Å². The van der Waals surface area contributed by atoms with E-state index in [1.165, 1.54) is 0 Å². The molecule has 4 nitrogen and oxygen atoms in total. The minimum atomic E-state index is -0.172. The number of thioether (sulfide) groups is 1. The molecule has 0 aliphatic carbocycles. The van der Waals surface area contributed by atoms with Crippen molar-refractivity contribution >= 4 is 29.4 Å². The second kappa shape index (κ2) is 3.79. The number of benzene rings is 1. The van der Waals surface area contributed by atoms with E-state index in [1.54, 1.807) is 23.9 Å². The molecule has 1 atom stereocenters. The van der Waals surface area contributed by atoms with Crippen LogP contribution >= 0.6 is 11.8 Å². The number of nitrogens with zero attached hydrogens (tertiary/aromatic N) is 1. The third-order valence-electron chi connectivity index (χ3n) is 1.99. The monoisotopic (exact) mass is 208 g/mol. The molecule has 0 saturated carbocycles. The number of aldehydes is 1. The quantitative estimate of drug-likeness (QED) is 0.597. The van der Waals surface area contributed by atoms with Gasteiger partial charge in [-0.3, -0.25) is 0 Å². The summed E-state index contributed by atoms with van der Waals surface area (Å²) in [5.41, 5.74) is 1.19. The van der Waals surface area contributed by atoms with Crippen LogP contribution in [0.1, 0.15) is 0 Å². The summed E-state index contributed by atoms with van der Waals surface area (Å²) in [6.07, 6.45) is 0.872. The van der Waals surface area contributed by atoms with Gasteiger partial charge >= 0.3 is 0 Å². The van der Waals surface area contributed by atoms with Crippen LogP contribution in [0.5, 0.6) is 0 Å². The Morgan fingerprint density at radius 2 is 2.43 bits per heavy atom. The molecule has 0 fully saturated rings. The molecule has 0 spiro atoms. The molecule has 72 valence electrons. The molecule has 0 saturated heterocycles. The second-order valence-corrected chi connectivity index (χ2v) is 4.03. The highest BCUT2D eigenvalue weighted by Crippen LogP contribution is 2.35. The number of rotatable bonds is 2. The fourth-order valence-electron chi connectivity index (χ4n) is 1.31. The average Bonchev–Trinajstić information content (AvgIpc) is 2.27. The number of nitrogens with one attached hydrogen (secondary N) is 1. The molecule has 1 aromatic carbocycles. The summed E-state index contributed by atoms with van der Waals surface area (Å²) in [4.78, 5) is 21.9. The fraction of sp³-hybridized carbons (Fsp3) is 0.222. The zero-order chi connectivity index (χ0) is 9.97. The van der Waals surface area contributed by atoms with Crippen LogP contribution in [0.2, 0.25) is 0 Å². The minimum absolute atomic E-state index is 0.172. The fourth-order valence-corrected chi connectivity index (χ4v) is 2.27. The van der Waals surface area contributed by atoms with Crippen LogP contribution in [0.15, 0.2) is 28.3 Å². The zero-order valence-corrected chi connectivity index (χ0v) is 8.08. The van der Waals surface area contributed by atoms with E-state index in [0.717, 1.165) is 22.6 Å². The van der Waals surface area contributed by atoms with Gasteiger partial charge in [0.15, 0.2) is 0 Å². The lowest BCUT2D eigenvalue weighted by atomic mass is 10.2. The molecule has 1 aliphatic heterocycles. The molecule has 2 rings (SSSR count). The lowest BCUT2D eigenvalue weighted by Crippen LogP contribution is -2.26. The maximum atomic E-state index is 10.6. The number of carbonyl (C=O) groups excluding carboxylic acids is 1. The van der Waals surface area contributed by atoms with Gasteiger partial charge in [0.25, 0.3) is 0 Å². The molecule has 0 amide bonds. The largest absolute Gasteiger partial charge is 0.374 e. The first kappa shape index (κ1) is 9.21. The SMILES string of the molecule is O=CC1CSc2ccc(N=O)cc2N1. The van der Waals surface area contributed by atoms with E-state index in [4.69, 9.17) is 0 Å². The zero-order valence-electron chi connectivity index (χ0n) is 7.27. The molecule has 1 aromatic rings. The highest BCUT2D eigenvalue weighted by Gasteiger charge is 2.17. The Balaban J connectivity index is 2.33. The maximum Gasteiger partial charge on any atom is 0.143 e.